The Morgan fingerprint density at radius 3 is 2.48 bits per heavy atom. The highest BCUT2D eigenvalue weighted by Crippen LogP contribution is 2.36. The molecule has 1 atom stereocenters. The molecule has 3 rings (SSSR count). The van der Waals surface area contributed by atoms with Gasteiger partial charge in [-0.25, -0.2) is 0 Å². The molecule has 2 heterocycles. The van der Waals surface area contributed by atoms with Gasteiger partial charge in [0.05, 0.1) is 10.9 Å². The van der Waals surface area contributed by atoms with Crippen LogP contribution in [0.5, 0.6) is 0 Å². The lowest BCUT2D eigenvalue weighted by molar-refractivity contribution is 0.274. The molecule has 0 radical (unpaired) electrons. The summed E-state index contributed by atoms with van der Waals surface area (Å²) in [5, 5.41) is 0.708. The fourth-order valence-corrected chi connectivity index (χ4v) is 4.02. The van der Waals surface area contributed by atoms with Crippen LogP contribution in [0.3, 0.4) is 0 Å². The molecular weight excluding hydrogens is 378 g/mol. The zero-order valence-electron chi connectivity index (χ0n) is 15.9. The maximum absolute atomic E-state index is 13.2. The molecule has 0 N–H and O–H groups in total. The van der Waals surface area contributed by atoms with Crippen molar-refractivity contribution in [3.8, 4) is 0 Å². The van der Waals surface area contributed by atoms with Gasteiger partial charge < -0.3 is 9.32 Å². The van der Waals surface area contributed by atoms with Gasteiger partial charge in [0.25, 0.3) is 0 Å². The highest BCUT2D eigenvalue weighted by Gasteiger charge is 2.29. The Labute approximate surface area is 158 Å². The van der Waals surface area contributed by atoms with E-state index in [0.29, 0.717) is 17.2 Å². The van der Waals surface area contributed by atoms with E-state index in [1.807, 2.05) is 19.9 Å². The van der Waals surface area contributed by atoms with Gasteiger partial charge in [-0.2, -0.15) is 0 Å². The second-order valence-corrected chi connectivity index (χ2v) is 9.44. The number of halogens is 1. The smallest absolute Gasteiger partial charge is 0.203 e. The van der Waals surface area contributed by atoms with Crippen molar-refractivity contribution in [2.45, 2.75) is 58.7 Å². The minimum Gasteiger partial charge on any atom is -0.440 e. The largest absolute Gasteiger partial charge is 0.440 e. The van der Waals surface area contributed by atoms with Gasteiger partial charge in [-0.3, -0.25) is 4.79 Å². The van der Waals surface area contributed by atoms with Crippen LogP contribution in [-0.2, 0) is 6.42 Å². The van der Waals surface area contributed by atoms with Crippen LogP contribution in [0.25, 0.3) is 11.0 Å². The quantitative estimate of drug-likeness (QED) is 0.609. The topological polar surface area (TPSA) is 33.5 Å². The van der Waals surface area contributed by atoms with Crippen molar-refractivity contribution in [2.75, 3.05) is 18.0 Å². The number of benzene rings is 1. The average Bonchev–Trinajstić information content (AvgIpc) is 2.54. The summed E-state index contributed by atoms with van der Waals surface area (Å²) in [5.74, 6) is 0.786. The number of anilines is 1. The van der Waals surface area contributed by atoms with E-state index in [-0.39, 0.29) is 10.3 Å². The van der Waals surface area contributed by atoms with Crippen LogP contribution in [0, 0.1) is 12.3 Å². The monoisotopic (exact) mass is 405 g/mol. The van der Waals surface area contributed by atoms with Gasteiger partial charge in [-0.1, -0.05) is 42.8 Å². The average molecular weight is 406 g/mol. The van der Waals surface area contributed by atoms with Gasteiger partial charge in [0.2, 0.25) is 5.88 Å². The van der Waals surface area contributed by atoms with E-state index in [4.69, 9.17) is 4.42 Å². The predicted octanol–water partition coefficient (Wildman–Crippen LogP) is 5.75. The van der Waals surface area contributed by atoms with Crippen molar-refractivity contribution in [1.82, 2.24) is 0 Å². The molecule has 0 saturated carbocycles. The molecule has 136 valence electrons. The number of hydrogen-bond acceptors (Lipinski definition) is 3. The molecule has 1 unspecified atom stereocenters. The Balaban J connectivity index is 2.20. The summed E-state index contributed by atoms with van der Waals surface area (Å²) in [4.78, 5) is 15.6. The summed E-state index contributed by atoms with van der Waals surface area (Å²) < 4.78 is 6.42. The molecule has 0 bridgehead atoms. The summed E-state index contributed by atoms with van der Waals surface area (Å²) in [6.45, 7) is 12.7. The molecule has 3 nitrogen and oxygen atoms in total. The fourth-order valence-electron chi connectivity index (χ4n) is 3.68. The predicted molar refractivity (Wildman–Crippen MR) is 109 cm³/mol. The van der Waals surface area contributed by atoms with Crippen molar-refractivity contribution < 1.29 is 4.42 Å². The summed E-state index contributed by atoms with van der Waals surface area (Å²) in [6, 6.07) is 4.07. The van der Waals surface area contributed by atoms with Crippen molar-refractivity contribution in [2.24, 2.45) is 5.41 Å². The van der Waals surface area contributed by atoms with E-state index in [2.05, 4.69) is 47.7 Å². The minimum absolute atomic E-state index is 0.127. The molecule has 0 spiro atoms. The Morgan fingerprint density at radius 1 is 1.28 bits per heavy atom. The van der Waals surface area contributed by atoms with Crippen LogP contribution in [0.1, 0.15) is 62.1 Å². The van der Waals surface area contributed by atoms with Crippen LogP contribution in [0.4, 0.5) is 5.88 Å². The van der Waals surface area contributed by atoms with E-state index >= 15 is 0 Å². The van der Waals surface area contributed by atoms with Crippen molar-refractivity contribution in [3.05, 3.63) is 39.0 Å². The number of alkyl halides is 1. The second kappa shape index (κ2) is 6.79. The first-order chi connectivity index (χ1) is 11.7. The molecule has 4 heteroatoms. The van der Waals surface area contributed by atoms with E-state index in [0.717, 1.165) is 54.1 Å². The van der Waals surface area contributed by atoms with Gasteiger partial charge in [0, 0.05) is 23.5 Å². The third-order valence-electron chi connectivity index (χ3n) is 5.42. The summed E-state index contributed by atoms with van der Waals surface area (Å²) >= 11 is 3.66. The fraction of sp³-hybridized carbons (Fsp3) is 0.571. The lowest BCUT2D eigenvalue weighted by atomic mass is 9.82. The number of rotatable bonds is 3. The molecule has 1 saturated heterocycles. The Bertz CT molecular complexity index is 841. The normalized spacial score (nSPS) is 18.6. The molecule has 1 fully saturated rings. The third-order valence-corrected chi connectivity index (χ3v) is 5.92. The first-order valence-electron chi connectivity index (χ1n) is 9.23. The van der Waals surface area contributed by atoms with Crippen LogP contribution in [0.2, 0.25) is 0 Å². The standard InChI is InChI=1S/C21H28BrNO2/c1-6-15-18(24)17-12-13(2)11-16(14(3)22)19(17)25-20(15)23-9-7-21(4,5)8-10-23/h11-12,14H,6-10H2,1-5H3. The van der Waals surface area contributed by atoms with Crippen LogP contribution < -0.4 is 10.3 Å². The van der Waals surface area contributed by atoms with Crippen LogP contribution in [-0.4, -0.2) is 13.1 Å². The Hall–Kier alpha value is -1.29. The first-order valence-corrected chi connectivity index (χ1v) is 10.1. The summed E-state index contributed by atoms with van der Waals surface area (Å²) in [5.41, 5.74) is 4.18. The number of nitrogens with zero attached hydrogens (tertiary/aromatic N) is 1. The van der Waals surface area contributed by atoms with E-state index in [1.165, 1.54) is 0 Å². The molecule has 1 aromatic carbocycles. The van der Waals surface area contributed by atoms with Gasteiger partial charge in [0.15, 0.2) is 5.43 Å². The number of fused-ring (bicyclic) bond motifs is 1. The maximum atomic E-state index is 13.2. The molecule has 1 aliphatic rings. The summed E-state index contributed by atoms with van der Waals surface area (Å²) in [6.07, 6.45) is 2.93. The Morgan fingerprint density at radius 2 is 1.92 bits per heavy atom. The van der Waals surface area contributed by atoms with E-state index in [1.54, 1.807) is 0 Å². The number of hydrogen-bond donors (Lipinski definition) is 0. The second-order valence-electron chi connectivity index (χ2n) is 8.07. The number of piperidine rings is 1. The Kier molecular flexibility index (Phi) is 5.02. The highest BCUT2D eigenvalue weighted by molar-refractivity contribution is 9.09. The summed E-state index contributed by atoms with van der Waals surface area (Å²) in [7, 11) is 0. The number of aryl methyl sites for hydroxylation is 1. The van der Waals surface area contributed by atoms with E-state index < -0.39 is 0 Å². The molecule has 0 amide bonds. The van der Waals surface area contributed by atoms with Crippen molar-refractivity contribution in [1.29, 1.82) is 0 Å². The lowest BCUT2D eigenvalue weighted by Gasteiger charge is -2.37. The van der Waals surface area contributed by atoms with Crippen LogP contribution >= 0.6 is 15.9 Å². The molecule has 2 aromatic rings. The zero-order chi connectivity index (χ0) is 18.4. The van der Waals surface area contributed by atoms with E-state index in [9.17, 15) is 4.79 Å². The first kappa shape index (κ1) is 18.5. The molecule has 1 aliphatic heterocycles. The lowest BCUT2D eigenvalue weighted by Crippen LogP contribution is -2.38. The molecule has 0 aliphatic carbocycles. The maximum Gasteiger partial charge on any atom is 0.203 e. The van der Waals surface area contributed by atoms with Crippen LogP contribution in [0.15, 0.2) is 21.3 Å². The van der Waals surface area contributed by atoms with Crippen molar-refractivity contribution >= 4 is 32.8 Å². The van der Waals surface area contributed by atoms with Gasteiger partial charge in [-0.05, 0) is 50.2 Å². The van der Waals surface area contributed by atoms with Gasteiger partial charge in [0.1, 0.15) is 5.58 Å². The molecule has 1 aromatic heterocycles. The van der Waals surface area contributed by atoms with Crippen molar-refractivity contribution in [3.63, 3.8) is 0 Å². The highest BCUT2D eigenvalue weighted by atomic mass is 79.9. The minimum atomic E-state index is 0.127. The molecule has 25 heavy (non-hydrogen) atoms. The van der Waals surface area contributed by atoms with Gasteiger partial charge >= 0.3 is 0 Å². The van der Waals surface area contributed by atoms with Gasteiger partial charge in [-0.15, -0.1) is 0 Å². The third kappa shape index (κ3) is 3.51. The SMILES string of the molecule is CCc1c(N2CCC(C)(C)CC2)oc2c(C(C)Br)cc(C)cc2c1=O. The molecular formula is C21H28BrNO2. The zero-order valence-corrected chi connectivity index (χ0v) is 17.5.